The van der Waals surface area contributed by atoms with Crippen molar-refractivity contribution in [1.29, 1.82) is 0 Å². The van der Waals surface area contributed by atoms with Gasteiger partial charge in [-0.2, -0.15) is 0 Å². The van der Waals surface area contributed by atoms with Gasteiger partial charge in [-0.15, -0.1) is 0 Å². The highest BCUT2D eigenvalue weighted by Gasteiger charge is 2.37. The van der Waals surface area contributed by atoms with Crippen molar-refractivity contribution in [1.82, 2.24) is 5.32 Å². The zero-order chi connectivity index (χ0) is 20.1. The summed E-state index contributed by atoms with van der Waals surface area (Å²) >= 11 is 5.90. The number of carbonyl (C=O) groups is 2. The van der Waals surface area contributed by atoms with Crippen molar-refractivity contribution in [2.24, 2.45) is 5.92 Å². The van der Waals surface area contributed by atoms with Crippen molar-refractivity contribution >= 4 is 29.1 Å². The van der Waals surface area contributed by atoms with Crippen LogP contribution in [-0.4, -0.2) is 32.1 Å². The molecule has 0 bridgehead atoms. The van der Waals surface area contributed by atoms with Crippen LogP contribution in [0.4, 0.5) is 5.69 Å². The molecule has 28 heavy (non-hydrogen) atoms. The van der Waals surface area contributed by atoms with Crippen molar-refractivity contribution < 1.29 is 19.1 Å². The van der Waals surface area contributed by atoms with E-state index in [0.717, 1.165) is 11.3 Å². The Morgan fingerprint density at radius 2 is 1.96 bits per heavy atom. The molecule has 0 saturated carbocycles. The quantitative estimate of drug-likeness (QED) is 0.720. The second-order valence-electron chi connectivity index (χ2n) is 6.44. The van der Waals surface area contributed by atoms with Crippen molar-refractivity contribution in [3.05, 3.63) is 53.1 Å². The van der Waals surface area contributed by atoms with Crippen LogP contribution in [-0.2, 0) is 16.1 Å². The van der Waals surface area contributed by atoms with Gasteiger partial charge >= 0.3 is 0 Å². The van der Waals surface area contributed by atoms with E-state index in [9.17, 15) is 9.59 Å². The van der Waals surface area contributed by atoms with Gasteiger partial charge in [0.1, 0.15) is 5.92 Å². The lowest BCUT2D eigenvalue weighted by Gasteiger charge is -2.17. The lowest BCUT2D eigenvalue weighted by molar-refractivity contribution is -0.132. The van der Waals surface area contributed by atoms with E-state index in [1.165, 1.54) is 0 Å². The molecule has 6 nitrogen and oxygen atoms in total. The number of anilines is 1. The van der Waals surface area contributed by atoms with Gasteiger partial charge in [0, 0.05) is 23.8 Å². The van der Waals surface area contributed by atoms with Crippen molar-refractivity contribution in [3.63, 3.8) is 0 Å². The molecule has 2 aromatic rings. The van der Waals surface area contributed by atoms with Gasteiger partial charge in [0.25, 0.3) is 0 Å². The molecule has 148 valence electrons. The fraction of sp³-hybridized carbons (Fsp3) is 0.333. The Morgan fingerprint density at radius 1 is 1.21 bits per heavy atom. The number of hydrogen-bond acceptors (Lipinski definition) is 4. The van der Waals surface area contributed by atoms with E-state index in [4.69, 9.17) is 21.1 Å². The Hall–Kier alpha value is -2.73. The maximum atomic E-state index is 12.7. The molecular weight excluding hydrogens is 380 g/mol. The normalized spacial score (nSPS) is 16.2. The van der Waals surface area contributed by atoms with Crippen LogP contribution >= 0.6 is 11.6 Å². The molecule has 0 aliphatic carbocycles. The molecule has 1 N–H and O–H groups in total. The van der Waals surface area contributed by atoms with Gasteiger partial charge in [0.15, 0.2) is 11.5 Å². The number of nitrogens with zero attached hydrogens (tertiary/aromatic N) is 1. The first-order valence-corrected chi connectivity index (χ1v) is 9.55. The fourth-order valence-corrected chi connectivity index (χ4v) is 3.34. The molecule has 0 unspecified atom stereocenters. The third-order valence-electron chi connectivity index (χ3n) is 4.65. The highest BCUT2D eigenvalue weighted by molar-refractivity contribution is 6.30. The number of amides is 2. The highest BCUT2D eigenvalue weighted by atomic mass is 35.5. The summed E-state index contributed by atoms with van der Waals surface area (Å²) in [6.45, 7) is 3.27. The third-order valence-corrected chi connectivity index (χ3v) is 4.91. The van der Waals surface area contributed by atoms with E-state index >= 15 is 0 Å². The van der Waals surface area contributed by atoms with Gasteiger partial charge in [0.2, 0.25) is 11.8 Å². The third kappa shape index (κ3) is 4.39. The number of carbonyl (C=O) groups excluding carboxylic acids is 2. The summed E-state index contributed by atoms with van der Waals surface area (Å²) < 4.78 is 10.8. The van der Waals surface area contributed by atoms with Gasteiger partial charge in [0.05, 0.1) is 13.7 Å². The Balaban J connectivity index is 1.61. The van der Waals surface area contributed by atoms with Crippen LogP contribution in [0.25, 0.3) is 0 Å². The molecule has 1 saturated heterocycles. The molecule has 7 heteroatoms. The van der Waals surface area contributed by atoms with Crippen LogP contribution in [0.1, 0.15) is 18.9 Å². The van der Waals surface area contributed by atoms with E-state index in [-0.39, 0.29) is 11.8 Å². The largest absolute Gasteiger partial charge is 0.493 e. The topological polar surface area (TPSA) is 67.9 Å². The van der Waals surface area contributed by atoms with E-state index in [1.54, 1.807) is 36.3 Å². The summed E-state index contributed by atoms with van der Waals surface area (Å²) in [5, 5.41) is 3.46. The number of rotatable bonds is 7. The zero-order valence-electron chi connectivity index (χ0n) is 15.9. The summed E-state index contributed by atoms with van der Waals surface area (Å²) in [6, 6.07) is 12.5. The van der Waals surface area contributed by atoms with Crippen LogP contribution in [0.2, 0.25) is 5.02 Å². The van der Waals surface area contributed by atoms with Crippen molar-refractivity contribution in [2.45, 2.75) is 19.9 Å². The van der Waals surface area contributed by atoms with Crippen molar-refractivity contribution in [3.8, 4) is 11.5 Å². The molecule has 1 aliphatic rings. The highest BCUT2D eigenvalue weighted by Crippen LogP contribution is 2.29. The lowest BCUT2D eigenvalue weighted by Crippen LogP contribution is -2.36. The minimum absolute atomic E-state index is 0.191. The van der Waals surface area contributed by atoms with E-state index in [1.807, 2.05) is 25.1 Å². The minimum atomic E-state index is -0.680. The predicted octanol–water partition coefficient (Wildman–Crippen LogP) is 3.42. The summed E-state index contributed by atoms with van der Waals surface area (Å²) in [6.07, 6.45) is 0.486. The number of methoxy groups -OCH3 is 1. The van der Waals surface area contributed by atoms with Gasteiger partial charge < -0.3 is 19.7 Å². The SMILES string of the molecule is CCOc1ccc(CNC(=O)[C@@H]2CCN(c3ccc(Cl)cc3)C2=O)cc1OC. The molecule has 1 atom stereocenters. The number of hydrogen-bond donors (Lipinski definition) is 1. The lowest BCUT2D eigenvalue weighted by atomic mass is 10.1. The van der Waals surface area contributed by atoms with E-state index in [0.29, 0.717) is 42.6 Å². The van der Waals surface area contributed by atoms with Crippen molar-refractivity contribution in [2.75, 3.05) is 25.2 Å². The molecule has 2 aromatic carbocycles. The number of benzene rings is 2. The van der Waals surface area contributed by atoms with Gasteiger partial charge in [-0.3, -0.25) is 9.59 Å². The molecule has 3 rings (SSSR count). The smallest absolute Gasteiger partial charge is 0.239 e. The molecule has 1 heterocycles. The first-order valence-electron chi connectivity index (χ1n) is 9.18. The first-order chi connectivity index (χ1) is 13.5. The van der Waals surface area contributed by atoms with Gasteiger partial charge in [-0.05, 0) is 55.3 Å². The molecule has 1 fully saturated rings. The average molecular weight is 403 g/mol. The summed E-state index contributed by atoms with van der Waals surface area (Å²) in [4.78, 5) is 26.8. The first kappa shape index (κ1) is 20.0. The number of ether oxygens (including phenoxy) is 2. The standard InChI is InChI=1S/C21H23ClN2O4/c1-3-28-18-9-4-14(12-19(18)27-2)13-23-20(25)17-10-11-24(21(17)26)16-7-5-15(22)6-8-16/h4-9,12,17H,3,10-11,13H2,1-2H3,(H,23,25)/t17-/m0/s1. The van der Waals surface area contributed by atoms with E-state index in [2.05, 4.69) is 5.32 Å². The molecule has 0 aromatic heterocycles. The maximum absolute atomic E-state index is 12.7. The molecule has 1 aliphatic heterocycles. The molecule has 2 amide bonds. The van der Waals surface area contributed by atoms with Crippen LogP contribution < -0.4 is 19.7 Å². The monoisotopic (exact) mass is 402 g/mol. The Kier molecular flexibility index (Phi) is 6.41. The van der Waals surface area contributed by atoms with Crippen LogP contribution in [0.15, 0.2) is 42.5 Å². The van der Waals surface area contributed by atoms with Gasteiger partial charge in [-0.1, -0.05) is 17.7 Å². The Bertz CT molecular complexity index is 854. The Morgan fingerprint density at radius 3 is 2.64 bits per heavy atom. The minimum Gasteiger partial charge on any atom is -0.493 e. The average Bonchev–Trinajstić information content (AvgIpc) is 3.09. The fourth-order valence-electron chi connectivity index (χ4n) is 3.21. The molecular formula is C21H23ClN2O4. The van der Waals surface area contributed by atoms with Crippen LogP contribution in [0, 0.1) is 5.92 Å². The summed E-state index contributed by atoms with van der Waals surface area (Å²) in [5.74, 6) is 0.128. The van der Waals surface area contributed by atoms with Crippen LogP contribution in [0.5, 0.6) is 11.5 Å². The van der Waals surface area contributed by atoms with Crippen LogP contribution in [0.3, 0.4) is 0 Å². The predicted molar refractivity (Wildman–Crippen MR) is 108 cm³/mol. The summed E-state index contributed by atoms with van der Waals surface area (Å²) in [7, 11) is 1.57. The number of nitrogens with one attached hydrogen (secondary N) is 1. The maximum Gasteiger partial charge on any atom is 0.239 e. The number of halogens is 1. The molecule has 0 radical (unpaired) electrons. The molecule has 0 spiro atoms. The van der Waals surface area contributed by atoms with E-state index < -0.39 is 5.92 Å². The second kappa shape index (κ2) is 8.97. The second-order valence-corrected chi connectivity index (χ2v) is 6.88. The Labute approximate surface area is 169 Å². The summed E-state index contributed by atoms with van der Waals surface area (Å²) in [5.41, 5.74) is 1.62. The zero-order valence-corrected chi connectivity index (χ0v) is 16.7. The van der Waals surface area contributed by atoms with Gasteiger partial charge in [-0.25, -0.2) is 0 Å².